The van der Waals surface area contributed by atoms with E-state index in [4.69, 9.17) is 15.2 Å². The second-order valence-electron chi connectivity index (χ2n) is 8.70. The zero-order valence-electron chi connectivity index (χ0n) is 18.8. The highest BCUT2D eigenvalue weighted by Crippen LogP contribution is 2.10. The Morgan fingerprint density at radius 3 is 2.13 bits per heavy atom. The van der Waals surface area contributed by atoms with Crippen molar-refractivity contribution in [2.24, 2.45) is 11.7 Å². The van der Waals surface area contributed by atoms with Gasteiger partial charge in [0.1, 0.15) is 11.6 Å². The maximum Gasteiger partial charge on any atom is 0.407 e. The van der Waals surface area contributed by atoms with Crippen LogP contribution in [0.3, 0.4) is 0 Å². The molecule has 0 heterocycles. The van der Waals surface area contributed by atoms with Crippen molar-refractivity contribution in [1.82, 2.24) is 10.6 Å². The summed E-state index contributed by atoms with van der Waals surface area (Å²) in [6.07, 6.45) is 0.317. The molecule has 30 heavy (non-hydrogen) atoms. The minimum Gasteiger partial charge on any atom is -0.467 e. The summed E-state index contributed by atoms with van der Waals surface area (Å²) < 4.78 is 9.96. The Hall–Kier alpha value is -2.61. The molecule has 2 atom stereocenters. The predicted molar refractivity (Wildman–Crippen MR) is 115 cm³/mol. The van der Waals surface area contributed by atoms with Crippen molar-refractivity contribution in [1.29, 1.82) is 0 Å². The average Bonchev–Trinajstić information content (AvgIpc) is 2.64. The molecule has 0 radical (unpaired) electrons. The van der Waals surface area contributed by atoms with Crippen LogP contribution in [0.5, 0.6) is 0 Å². The Kier molecular flexibility index (Phi) is 9.78. The number of nitrogens with two attached hydrogens (primary N) is 1. The summed E-state index contributed by atoms with van der Waals surface area (Å²) in [6.45, 7) is 9.66. The average molecular weight is 422 g/mol. The molecule has 0 unspecified atom stereocenters. The van der Waals surface area contributed by atoms with Gasteiger partial charge in [0.2, 0.25) is 5.91 Å². The lowest BCUT2D eigenvalue weighted by atomic mass is 10.0. The fourth-order valence-electron chi connectivity index (χ4n) is 2.73. The summed E-state index contributed by atoms with van der Waals surface area (Å²) in [6, 6.07) is 5.90. The number of nitrogens with one attached hydrogen (secondary N) is 2. The number of methoxy groups -OCH3 is 1. The van der Waals surface area contributed by atoms with E-state index in [2.05, 4.69) is 10.6 Å². The van der Waals surface area contributed by atoms with E-state index in [9.17, 15) is 14.4 Å². The van der Waals surface area contributed by atoms with Gasteiger partial charge >= 0.3 is 12.1 Å². The molecule has 4 N–H and O–H groups in total. The largest absolute Gasteiger partial charge is 0.467 e. The number of esters is 1. The van der Waals surface area contributed by atoms with E-state index in [1.54, 1.807) is 20.8 Å². The highest BCUT2D eigenvalue weighted by atomic mass is 16.6. The molecular formula is C22H35N3O5. The molecule has 0 spiro atoms. The second kappa shape index (κ2) is 11.5. The number of hydrogen-bond donors (Lipinski definition) is 3. The zero-order valence-corrected chi connectivity index (χ0v) is 18.8. The van der Waals surface area contributed by atoms with Gasteiger partial charge in [0.05, 0.1) is 13.2 Å². The van der Waals surface area contributed by atoms with Crippen molar-refractivity contribution in [3.05, 3.63) is 35.4 Å². The van der Waals surface area contributed by atoms with Crippen LogP contribution >= 0.6 is 0 Å². The molecule has 0 aliphatic rings. The van der Waals surface area contributed by atoms with E-state index in [0.717, 1.165) is 11.1 Å². The second-order valence-corrected chi connectivity index (χ2v) is 8.70. The van der Waals surface area contributed by atoms with Crippen molar-refractivity contribution >= 4 is 18.0 Å². The molecule has 168 valence electrons. The third-order valence-corrected chi connectivity index (χ3v) is 4.16. The fourth-order valence-corrected chi connectivity index (χ4v) is 2.73. The van der Waals surface area contributed by atoms with Gasteiger partial charge in [-0.15, -0.1) is 0 Å². The Labute approximate surface area is 178 Å². The van der Waals surface area contributed by atoms with Crippen molar-refractivity contribution in [3.8, 4) is 0 Å². The molecule has 8 nitrogen and oxygen atoms in total. The number of rotatable bonds is 9. The first-order valence-electron chi connectivity index (χ1n) is 10.1. The predicted octanol–water partition coefficient (Wildman–Crippen LogP) is 2.29. The smallest absolute Gasteiger partial charge is 0.407 e. The number of hydrogen-bond acceptors (Lipinski definition) is 6. The lowest BCUT2D eigenvalue weighted by Crippen LogP contribution is -2.50. The molecular weight excluding hydrogens is 386 g/mol. The highest BCUT2D eigenvalue weighted by molar-refractivity contribution is 5.87. The van der Waals surface area contributed by atoms with Crippen molar-refractivity contribution in [3.63, 3.8) is 0 Å². The molecule has 0 saturated heterocycles. The standard InChI is InChI=1S/C22H35N3O5/c1-14(2)11-18(20(27)29-6)25-19(26)17(23)12-15-7-9-16(10-8-15)13-24-21(28)30-22(3,4)5/h7-10,14,17-18H,11-13,23H2,1-6H3,(H,24,28)(H,25,26)/t17-,18-/m0/s1. The van der Waals surface area contributed by atoms with Crippen LogP contribution in [0.25, 0.3) is 0 Å². The number of carbonyl (C=O) groups is 3. The molecule has 2 amide bonds. The van der Waals surface area contributed by atoms with Crippen LogP contribution < -0.4 is 16.4 Å². The number of alkyl carbamates (subject to hydrolysis) is 1. The van der Waals surface area contributed by atoms with Crippen LogP contribution in [0.2, 0.25) is 0 Å². The Balaban J connectivity index is 2.58. The first-order chi connectivity index (χ1) is 13.9. The van der Waals surface area contributed by atoms with Gasteiger partial charge in [-0.2, -0.15) is 0 Å². The van der Waals surface area contributed by atoms with Gasteiger partial charge in [0.25, 0.3) is 0 Å². The van der Waals surface area contributed by atoms with Gasteiger partial charge in [0, 0.05) is 6.54 Å². The first kappa shape index (κ1) is 25.4. The zero-order chi connectivity index (χ0) is 22.9. The van der Waals surface area contributed by atoms with Crippen LogP contribution in [-0.4, -0.2) is 42.8 Å². The van der Waals surface area contributed by atoms with Gasteiger partial charge in [0.15, 0.2) is 0 Å². The summed E-state index contributed by atoms with van der Waals surface area (Å²) in [7, 11) is 1.29. The number of benzene rings is 1. The molecule has 0 aliphatic heterocycles. The van der Waals surface area contributed by atoms with E-state index >= 15 is 0 Å². The summed E-state index contributed by atoms with van der Waals surface area (Å²) in [4.78, 5) is 36.0. The Morgan fingerprint density at radius 1 is 1.07 bits per heavy atom. The van der Waals surface area contributed by atoms with Crippen molar-refractivity contribution < 1.29 is 23.9 Å². The van der Waals surface area contributed by atoms with Gasteiger partial charge in [-0.1, -0.05) is 38.1 Å². The maximum atomic E-state index is 12.4. The van der Waals surface area contributed by atoms with Crippen molar-refractivity contribution in [2.75, 3.05) is 7.11 Å². The Morgan fingerprint density at radius 2 is 1.63 bits per heavy atom. The molecule has 0 saturated carbocycles. The summed E-state index contributed by atoms with van der Waals surface area (Å²) >= 11 is 0. The third kappa shape index (κ3) is 9.73. The van der Waals surface area contributed by atoms with Gasteiger partial charge < -0.3 is 25.8 Å². The minimum absolute atomic E-state index is 0.215. The Bertz CT molecular complexity index is 710. The maximum absolute atomic E-state index is 12.4. The van der Waals surface area contributed by atoms with Crippen LogP contribution in [0.4, 0.5) is 4.79 Å². The molecule has 1 aromatic carbocycles. The number of carbonyl (C=O) groups excluding carboxylic acids is 3. The summed E-state index contributed by atoms with van der Waals surface area (Å²) in [5.41, 5.74) is 7.24. The molecule has 0 bridgehead atoms. The quantitative estimate of drug-likeness (QED) is 0.526. The molecule has 8 heteroatoms. The topological polar surface area (TPSA) is 120 Å². The molecule has 1 rings (SSSR count). The van der Waals surface area contributed by atoms with Crippen LogP contribution in [0, 0.1) is 5.92 Å². The first-order valence-corrected chi connectivity index (χ1v) is 10.1. The van der Waals surface area contributed by atoms with Crippen molar-refractivity contribution in [2.45, 2.75) is 71.7 Å². The van der Waals surface area contributed by atoms with Crippen LogP contribution in [-0.2, 0) is 32.0 Å². The van der Waals surface area contributed by atoms with Gasteiger partial charge in [-0.3, -0.25) is 4.79 Å². The van der Waals surface area contributed by atoms with E-state index < -0.39 is 35.7 Å². The fraction of sp³-hybridized carbons (Fsp3) is 0.591. The summed E-state index contributed by atoms with van der Waals surface area (Å²) in [5.74, 6) is -0.666. The molecule has 0 fully saturated rings. The van der Waals surface area contributed by atoms with E-state index in [1.165, 1.54) is 7.11 Å². The monoisotopic (exact) mass is 421 g/mol. The van der Waals surface area contributed by atoms with E-state index in [1.807, 2.05) is 38.1 Å². The van der Waals surface area contributed by atoms with E-state index in [-0.39, 0.29) is 5.92 Å². The molecule has 1 aromatic rings. The van der Waals surface area contributed by atoms with Crippen LogP contribution in [0.15, 0.2) is 24.3 Å². The lowest BCUT2D eigenvalue weighted by Gasteiger charge is -2.21. The van der Waals surface area contributed by atoms with Gasteiger partial charge in [-0.25, -0.2) is 9.59 Å². The normalized spacial score (nSPS) is 13.3. The van der Waals surface area contributed by atoms with Gasteiger partial charge in [-0.05, 0) is 50.7 Å². The number of amides is 2. The van der Waals surface area contributed by atoms with Crippen LogP contribution in [0.1, 0.15) is 52.2 Å². The molecule has 0 aliphatic carbocycles. The third-order valence-electron chi connectivity index (χ3n) is 4.16. The van der Waals surface area contributed by atoms with E-state index in [0.29, 0.717) is 19.4 Å². The summed E-state index contributed by atoms with van der Waals surface area (Å²) in [5, 5.41) is 5.38. The highest BCUT2D eigenvalue weighted by Gasteiger charge is 2.25. The minimum atomic E-state index is -0.796. The SMILES string of the molecule is COC(=O)[C@H](CC(C)C)NC(=O)[C@@H](N)Cc1ccc(CNC(=O)OC(C)(C)C)cc1. The number of ether oxygens (including phenoxy) is 2. The lowest BCUT2D eigenvalue weighted by molar-refractivity contribution is -0.145. The molecule has 0 aromatic heterocycles.